The average molecular weight is 606 g/mol. The van der Waals surface area contributed by atoms with Gasteiger partial charge in [0.25, 0.3) is 0 Å². The van der Waals surface area contributed by atoms with Gasteiger partial charge in [-0.05, 0) is 42.5 Å². The number of fused-ring (bicyclic) bond motifs is 2. The summed E-state index contributed by atoms with van der Waals surface area (Å²) in [6.45, 7) is 0. The van der Waals surface area contributed by atoms with Crippen LogP contribution in [-0.2, 0) is 0 Å². The van der Waals surface area contributed by atoms with Crippen molar-refractivity contribution in [3.05, 3.63) is 93.2 Å². The maximum Gasteiger partial charge on any atom is 1.00 e. The second-order valence-corrected chi connectivity index (χ2v) is 9.43. The molecule has 4 aromatic carbocycles. The van der Waals surface area contributed by atoms with Crippen LogP contribution < -0.4 is 71.7 Å². The zero-order chi connectivity index (χ0) is 29.7. The Hall–Kier alpha value is -4.26. The van der Waals surface area contributed by atoms with Gasteiger partial charge in [0.1, 0.15) is 62.4 Å². The van der Waals surface area contributed by atoms with Gasteiger partial charge in [0, 0.05) is 47.0 Å². The molecule has 4 N–H and O–H groups in total. The largest absolute Gasteiger partial charge is 1.00 e. The minimum Gasteiger partial charge on any atom is -0.508 e. The predicted molar refractivity (Wildman–Crippen MR) is 155 cm³/mol. The summed E-state index contributed by atoms with van der Waals surface area (Å²) in [5.74, 6) is -0.330. The van der Waals surface area contributed by atoms with E-state index >= 15 is 0 Å². The van der Waals surface area contributed by atoms with Gasteiger partial charge in [-0.2, -0.15) is 0 Å². The Kier molecular flexibility index (Phi) is 8.28. The molecule has 0 atom stereocenters. The fraction of sp³-hybridized carbons (Fsp3) is 0.0625. The van der Waals surface area contributed by atoms with Crippen molar-refractivity contribution in [3.63, 3.8) is 0 Å². The Morgan fingerprint density at radius 3 is 1.93 bits per heavy atom. The molecule has 0 bridgehead atoms. The van der Waals surface area contributed by atoms with Crippen molar-refractivity contribution in [1.82, 2.24) is 0 Å². The van der Waals surface area contributed by atoms with Gasteiger partial charge in [-0.1, -0.05) is 0 Å². The molecule has 2 aromatic heterocycles. The summed E-state index contributed by atoms with van der Waals surface area (Å²) in [4.78, 5) is 26.1. The predicted octanol–water partition coefficient (Wildman–Crippen LogP) is 2.74. The summed E-state index contributed by atoms with van der Waals surface area (Å²) in [5.41, 5.74) is 0.0835. The molecular formula is C32H22KO10+. The van der Waals surface area contributed by atoms with Crippen LogP contribution in [0.4, 0.5) is 0 Å². The summed E-state index contributed by atoms with van der Waals surface area (Å²) in [5, 5.41) is 41.5. The van der Waals surface area contributed by atoms with Crippen LogP contribution in [0, 0.1) is 0 Å². The van der Waals surface area contributed by atoms with E-state index in [1.54, 1.807) is 30.3 Å². The third kappa shape index (κ3) is 5.37. The first-order chi connectivity index (χ1) is 20.2. The minimum atomic E-state index is -0.567. The average Bonchev–Trinajstić information content (AvgIpc) is 2.96. The van der Waals surface area contributed by atoms with Crippen LogP contribution in [-0.4, -0.2) is 34.6 Å². The molecule has 43 heavy (non-hydrogen) atoms. The number of phenolic OH excluding ortho intramolecular Hbond substituents is 4. The fourth-order valence-electron chi connectivity index (χ4n) is 4.89. The van der Waals surface area contributed by atoms with Crippen LogP contribution in [0.5, 0.6) is 34.5 Å². The quantitative estimate of drug-likeness (QED) is 0.215. The van der Waals surface area contributed by atoms with E-state index < -0.39 is 22.4 Å². The molecule has 0 aliphatic rings. The number of methoxy groups -OCH3 is 2. The number of hydrogen-bond donors (Lipinski definition) is 4. The van der Waals surface area contributed by atoms with Crippen molar-refractivity contribution in [2.75, 3.05) is 14.2 Å². The Morgan fingerprint density at radius 1 is 0.628 bits per heavy atom. The fourth-order valence-corrected chi connectivity index (χ4v) is 4.89. The molecule has 6 rings (SSSR count). The van der Waals surface area contributed by atoms with Crippen molar-refractivity contribution in [3.8, 4) is 68.3 Å². The molecule has 0 spiro atoms. The molecule has 0 aliphatic carbocycles. The van der Waals surface area contributed by atoms with Crippen molar-refractivity contribution < 1.29 is 90.1 Å². The van der Waals surface area contributed by atoms with Crippen molar-refractivity contribution in [1.29, 1.82) is 0 Å². The van der Waals surface area contributed by atoms with Gasteiger partial charge < -0.3 is 38.7 Å². The maximum atomic E-state index is 13.2. The molecule has 0 saturated heterocycles. The molecule has 10 nitrogen and oxygen atoms in total. The van der Waals surface area contributed by atoms with Crippen LogP contribution in [0.1, 0.15) is 0 Å². The Balaban J connectivity index is 0.00000368. The van der Waals surface area contributed by atoms with E-state index in [4.69, 9.17) is 18.3 Å². The first-order valence-electron chi connectivity index (χ1n) is 12.5. The second kappa shape index (κ2) is 11.8. The van der Waals surface area contributed by atoms with Gasteiger partial charge in [-0.3, -0.25) is 9.59 Å². The molecule has 0 unspecified atom stereocenters. The zero-order valence-corrected chi connectivity index (χ0v) is 26.3. The molecule has 0 aliphatic heterocycles. The molecule has 0 radical (unpaired) electrons. The molecule has 2 heterocycles. The van der Waals surface area contributed by atoms with Gasteiger partial charge in [0.05, 0.1) is 19.8 Å². The van der Waals surface area contributed by atoms with E-state index in [0.29, 0.717) is 11.1 Å². The Labute approximate surface area is 285 Å². The molecule has 0 saturated carbocycles. The van der Waals surface area contributed by atoms with Gasteiger partial charge in [0.2, 0.25) is 0 Å². The molecule has 6 aromatic rings. The molecule has 11 heteroatoms. The summed E-state index contributed by atoms with van der Waals surface area (Å²) < 4.78 is 22.8. The molecular weight excluding hydrogens is 583 g/mol. The normalized spacial score (nSPS) is 10.9. The molecule has 210 valence electrons. The summed E-state index contributed by atoms with van der Waals surface area (Å²) in [6, 6.07) is 17.0. The van der Waals surface area contributed by atoms with Gasteiger partial charge in [-0.25, -0.2) is 0 Å². The molecule has 0 amide bonds. The molecule has 0 fully saturated rings. The standard InChI is InChI=1S/C32H22O10.K/c1-39-18-10-20(34)30-23(37)13-27(41-28(30)11-18)16-5-8-25(40-2)19(9-16)29-21(35)12-22(36)31-24(38)14-26(42-32(29)31)15-3-6-17(33)7-4-15;/h3-14,33-36H,1-2H3;/q;+1. The monoisotopic (exact) mass is 605 g/mol. The maximum absolute atomic E-state index is 13.2. The number of rotatable bonds is 5. The van der Waals surface area contributed by atoms with Gasteiger partial charge in [-0.15, -0.1) is 0 Å². The van der Waals surface area contributed by atoms with Crippen LogP contribution in [0.25, 0.3) is 55.7 Å². The zero-order valence-electron chi connectivity index (χ0n) is 23.2. The Bertz CT molecular complexity index is 2150. The second-order valence-electron chi connectivity index (χ2n) is 9.43. The number of phenols is 4. The van der Waals surface area contributed by atoms with E-state index in [-0.39, 0.29) is 119 Å². The third-order valence-electron chi connectivity index (χ3n) is 6.88. The van der Waals surface area contributed by atoms with Crippen molar-refractivity contribution in [2.24, 2.45) is 0 Å². The smallest absolute Gasteiger partial charge is 0.508 e. The van der Waals surface area contributed by atoms with Crippen LogP contribution in [0.3, 0.4) is 0 Å². The van der Waals surface area contributed by atoms with Gasteiger partial charge in [0.15, 0.2) is 16.4 Å². The van der Waals surface area contributed by atoms with Crippen LogP contribution in [0.15, 0.2) is 91.2 Å². The van der Waals surface area contributed by atoms with E-state index in [0.717, 1.165) is 6.07 Å². The third-order valence-corrected chi connectivity index (χ3v) is 6.88. The Morgan fingerprint density at radius 2 is 1.26 bits per heavy atom. The number of ether oxygens (including phenoxy) is 2. The SMILES string of the molecule is COc1cc(O)c2c(=O)cc(-c3ccc(OC)c(-c4c(O)cc(O)c5c(=O)cc(-c6ccc(O)cc6)oc45)c3)oc2c1.[K+]. The minimum absolute atomic E-state index is 0. The summed E-state index contributed by atoms with van der Waals surface area (Å²) in [6.07, 6.45) is 0. The number of aromatic hydroxyl groups is 4. The van der Waals surface area contributed by atoms with E-state index in [9.17, 15) is 30.0 Å². The van der Waals surface area contributed by atoms with E-state index in [1.807, 2.05) is 0 Å². The van der Waals surface area contributed by atoms with Crippen LogP contribution in [0.2, 0.25) is 0 Å². The number of hydrogen-bond acceptors (Lipinski definition) is 10. The number of benzene rings is 4. The summed E-state index contributed by atoms with van der Waals surface area (Å²) >= 11 is 0. The topological polar surface area (TPSA) is 160 Å². The first kappa shape index (κ1) is 30.2. The van der Waals surface area contributed by atoms with Crippen LogP contribution >= 0.6 is 0 Å². The van der Waals surface area contributed by atoms with E-state index in [1.165, 1.54) is 50.6 Å². The first-order valence-corrected chi connectivity index (χ1v) is 12.5. The summed E-state index contributed by atoms with van der Waals surface area (Å²) in [7, 11) is 2.83. The van der Waals surface area contributed by atoms with Crippen molar-refractivity contribution in [2.45, 2.75) is 0 Å². The van der Waals surface area contributed by atoms with E-state index in [2.05, 4.69) is 0 Å². The van der Waals surface area contributed by atoms with Gasteiger partial charge >= 0.3 is 51.4 Å². The van der Waals surface area contributed by atoms with Crippen molar-refractivity contribution >= 4 is 21.9 Å².